The van der Waals surface area contributed by atoms with E-state index in [0.29, 0.717) is 43.9 Å². The van der Waals surface area contributed by atoms with Gasteiger partial charge in [-0.1, -0.05) is 0 Å². The van der Waals surface area contributed by atoms with Crippen molar-refractivity contribution in [1.29, 1.82) is 0 Å². The smallest absolute Gasteiger partial charge is 0.328 e. The molecule has 2 aliphatic rings. The number of carbonyl (C=O) groups excluding carboxylic acids is 2. The first-order valence-corrected chi connectivity index (χ1v) is 8.52. The van der Waals surface area contributed by atoms with E-state index in [-0.39, 0.29) is 17.3 Å². The van der Waals surface area contributed by atoms with Crippen LogP contribution in [0.25, 0.3) is 0 Å². The van der Waals surface area contributed by atoms with Gasteiger partial charge < -0.3 is 10.2 Å². The van der Waals surface area contributed by atoms with Crippen molar-refractivity contribution >= 4 is 23.8 Å². The van der Waals surface area contributed by atoms with Crippen molar-refractivity contribution in [3.8, 4) is 0 Å². The van der Waals surface area contributed by atoms with Gasteiger partial charge in [0.05, 0.1) is 0 Å². The average molecular weight is 341 g/mol. The van der Waals surface area contributed by atoms with Gasteiger partial charge in [0, 0.05) is 42.7 Å². The predicted octanol–water partition coefficient (Wildman–Crippen LogP) is 2.59. The summed E-state index contributed by atoms with van der Waals surface area (Å²) in [6, 6.07) is 2.76. The van der Waals surface area contributed by atoms with Crippen LogP contribution in [0, 0.1) is 11.6 Å². The van der Waals surface area contributed by atoms with E-state index in [0.717, 1.165) is 12.1 Å². The van der Waals surface area contributed by atoms with E-state index in [9.17, 15) is 18.4 Å². The first kappa shape index (κ1) is 16.0. The van der Waals surface area contributed by atoms with Gasteiger partial charge in [0.25, 0.3) is 0 Å². The topological polar surface area (TPSA) is 52.7 Å². The molecule has 0 aromatic heterocycles. The van der Waals surface area contributed by atoms with Crippen molar-refractivity contribution in [3.05, 3.63) is 35.4 Å². The number of carbonyl (C=O) groups is 2. The molecule has 2 heterocycles. The number of halogens is 2. The van der Waals surface area contributed by atoms with Crippen LogP contribution in [0.4, 0.5) is 18.4 Å². The number of nitrogens with zero attached hydrogens (tertiary/aromatic N) is 2. The normalized spacial score (nSPS) is 22.0. The number of imide groups is 1. The zero-order chi connectivity index (χ0) is 16.4. The second-order valence-electron chi connectivity index (χ2n) is 5.47. The van der Waals surface area contributed by atoms with Crippen LogP contribution in [0.5, 0.6) is 0 Å². The molecule has 2 aliphatic heterocycles. The van der Waals surface area contributed by atoms with E-state index in [1.165, 1.54) is 22.7 Å². The molecule has 4 amide bonds. The van der Waals surface area contributed by atoms with Gasteiger partial charge in [0.1, 0.15) is 11.6 Å². The van der Waals surface area contributed by atoms with Gasteiger partial charge in [0.2, 0.25) is 0 Å². The summed E-state index contributed by atoms with van der Waals surface area (Å²) >= 11 is 1.50. The number of urea groups is 2. The highest BCUT2D eigenvalue weighted by Gasteiger charge is 2.32. The fraction of sp³-hybridized carbons (Fsp3) is 0.467. The van der Waals surface area contributed by atoms with Crippen LogP contribution in [0.1, 0.15) is 17.2 Å². The number of nitrogens with one attached hydrogen (secondary N) is 1. The average Bonchev–Trinajstić information content (AvgIpc) is 2.82. The Kier molecular flexibility index (Phi) is 4.70. The fourth-order valence-electron chi connectivity index (χ4n) is 2.80. The lowest BCUT2D eigenvalue weighted by Crippen LogP contribution is -2.45. The lowest BCUT2D eigenvalue weighted by atomic mass is 10.1. The predicted molar refractivity (Wildman–Crippen MR) is 83.2 cm³/mol. The third kappa shape index (κ3) is 3.41. The lowest BCUT2D eigenvalue weighted by Gasteiger charge is -2.24. The molecule has 2 fully saturated rings. The first-order chi connectivity index (χ1) is 11.1. The minimum absolute atomic E-state index is 0.198. The van der Waals surface area contributed by atoms with Gasteiger partial charge in [-0.2, -0.15) is 11.8 Å². The van der Waals surface area contributed by atoms with E-state index < -0.39 is 11.6 Å². The maximum absolute atomic E-state index is 13.9. The van der Waals surface area contributed by atoms with Gasteiger partial charge in [-0.05, 0) is 24.6 Å². The third-order valence-corrected chi connectivity index (χ3v) is 5.31. The van der Waals surface area contributed by atoms with Crippen LogP contribution in [-0.4, -0.2) is 53.8 Å². The van der Waals surface area contributed by atoms with E-state index in [1.54, 1.807) is 4.90 Å². The van der Waals surface area contributed by atoms with Crippen molar-refractivity contribution in [3.63, 3.8) is 0 Å². The molecule has 0 unspecified atom stereocenters. The molecule has 0 aliphatic carbocycles. The molecule has 5 nitrogen and oxygen atoms in total. The molecule has 1 aromatic carbocycles. The summed E-state index contributed by atoms with van der Waals surface area (Å²) in [5.74, 6) is -0.280. The summed E-state index contributed by atoms with van der Waals surface area (Å²) in [7, 11) is 0. The van der Waals surface area contributed by atoms with E-state index in [2.05, 4.69) is 5.32 Å². The van der Waals surface area contributed by atoms with Crippen LogP contribution in [0.3, 0.4) is 0 Å². The van der Waals surface area contributed by atoms with Crippen LogP contribution < -0.4 is 5.32 Å². The molecular formula is C15H17F2N3O2S. The largest absolute Gasteiger partial charge is 0.336 e. The van der Waals surface area contributed by atoms with Gasteiger partial charge >= 0.3 is 12.1 Å². The Hall–Kier alpha value is -1.83. The van der Waals surface area contributed by atoms with Crippen LogP contribution in [-0.2, 0) is 0 Å². The minimum Gasteiger partial charge on any atom is -0.336 e. The summed E-state index contributed by atoms with van der Waals surface area (Å²) in [5.41, 5.74) is 0.336. The molecule has 0 saturated carbocycles. The van der Waals surface area contributed by atoms with Gasteiger partial charge in [-0.3, -0.25) is 0 Å². The molecule has 1 atom stereocenters. The van der Waals surface area contributed by atoms with Gasteiger partial charge in [-0.25, -0.2) is 23.3 Å². The maximum Gasteiger partial charge on any atom is 0.328 e. The van der Waals surface area contributed by atoms with Gasteiger partial charge in [-0.15, -0.1) is 0 Å². The number of rotatable bonds is 1. The maximum atomic E-state index is 13.9. The Bertz CT molecular complexity index is 629. The second-order valence-corrected chi connectivity index (χ2v) is 6.78. The molecule has 1 N–H and O–H groups in total. The highest BCUT2D eigenvalue weighted by atomic mass is 32.2. The van der Waals surface area contributed by atoms with Gasteiger partial charge in [0.15, 0.2) is 0 Å². The second kappa shape index (κ2) is 6.74. The molecule has 8 heteroatoms. The SMILES string of the molecule is O=C1NCCN1C(=O)N1CCS[C@H](c2cc(F)ccc2F)CC1. The van der Waals surface area contributed by atoms with E-state index >= 15 is 0 Å². The number of amides is 4. The number of hydrogen-bond acceptors (Lipinski definition) is 3. The molecule has 23 heavy (non-hydrogen) atoms. The number of hydrogen-bond donors (Lipinski definition) is 1. The standard InChI is InChI=1S/C15H17F2N3O2S/c16-10-1-2-12(17)11(9-10)13-3-5-19(7-8-23-13)15(22)20-6-4-18-14(20)21/h1-2,9,13H,3-8H2,(H,18,21)/t13-/m0/s1. The number of benzene rings is 1. The van der Waals surface area contributed by atoms with Crippen LogP contribution in [0.2, 0.25) is 0 Å². The number of thioether (sulfide) groups is 1. The van der Waals surface area contributed by atoms with Crippen molar-refractivity contribution in [1.82, 2.24) is 15.1 Å². The van der Waals surface area contributed by atoms with E-state index in [1.807, 2.05) is 0 Å². The molecular weight excluding hydrogens is 324 g/mol. The summed E-state index contributed by atoms with van der Waals surface area (Å²) in [6.07, 6.45) is 0.520. The Morgan fingerprint density at radius 1 is 1.26 bits per heavy atom. The zero-order valence-electron chi connectivity index (χ0n) is 12.4. The Labute approximate surface area is 137 Å². The summed E-state index contributed by atoms with van der Waals surface area (Å²) in [6.45, 7) is 1.73. The van der Waals surface area contributed by atoms with Crippen molar-refractivity contribution < 1.29 is 18.4 Å². The lowest BCUT2D eigenvalue weighted by molar-refractivity contribution is 0.166. The van der Waals surface area contributed by atoms with Crippen LogP contribution >= 0.6 is 11.8 Å². The highest BCUT2D eigenvalue weighted by molar-refractivity contribution is 7.99. The highest BCUT2D eigenvalue weighted by Crippen LogP contribution is 2.36. The summed E-state index contributed by atoms with van der Waals surface area (Å²) in [5, 5.41) is 2.40. The zero-order valence-corrected chi connectivity index (χ0v) is 13.2. The Balaban J connectivity index is 1.68. The van der Waals surface area contributed by atoms with Crippen molar-refractivity contribution in [2.45, 2.75) is 11.7 Å². The molecule has 0 bridgehead atoms. The Morgan fingerprint density at radius 3 is 2.83 bits per heavy atom. The molecule has 3 rings (SSSR count). The first-order valence-electron chi connectivity index (χ1n) is 7.47. The molecule has 0 radical (unpaired) electrons. The monoisotopic (exact) mass is 341 g/mol. The van der Waals surface area contributed by atoms with Crippen molar-refractivity contribution in [2.75, 3.05) is 31.9 Å². The minimum atomic E-state index is -0.465. The third-order valence-electron chi connectivity index (χ3n) is 4.00. The molecule has 0 spiro atoms. The summed E-state index contributed by atoms with van der Waals surface area (Å²) < 4.78 is 27.3. The molecule has 124 valence electrons. The quantitative estimate of drug-likeness (QED) is 0.854. The van der Waals surface area contributed by atoms with Crippen molar-refractivity contribution in [2.24, 2.45) is 0 Å². The molecule has 1 aromatic rings. The van der Waals surface area contributed by atoms with Crippen LogP contribution in [0.15, 0.2) is 18.2 Å². The molecule has 2 saturated heterocycles. The Morgan fingerprint density at radius 2 is 2.09 bits per heavy atom. The summed E-state index contributed by atoms with van der Waals surface area (Å²) in [4.78, 5) is 26.8. The fourth-order valence-corrected chi connectivity index (χ4v) is 4.04. The van der Waals surface area contributed by atoms with E-state index in [4.69, 9.17) is 0 Å².